The lowest BCUT2D eigenvalue weighted by Gasteiger charge is -2.29. The number of alkyl halides is 2. The number of unbranched alkanes of at least 4 members (excludes halogenated alkanes) is 2. The van der Waals surface area contributed by atoms with Crippen molar-refractivity contribution >= 4 is 23.1 Å². The Balaban J connectivity index is 1.31. The van der Waals surface area contributed by atoms with E-state index in [-0.39, 0.29) is 33.9 Å². The summed E-state index contributed by atoms with van der Waals surface area (Å²) in [5, 5.41) is 2.02. The van der Waals surface area contributed by atoms with Crippen LogP contribution in [0.2, 0.25) is 0 Å². The molecule has 0 spiro atoms. The molecule has 1 aliphatic rings. The maximum Gasteiger partial charge on any atom is 0.432 e. The summed E-state index contributed by atoms with van der Waals surface area (Å²) in [5.74, 6) is -5.78. The number of halogens is 7. The van der Waals surface area contributed by atoms with E-state index in [0.717, 1.165) is 49.4 Å². The van der Waals surface area contributed by atoms with Crippen LogP contribution in [0, 0.1) is 35.0 Å². The van der Waals surface area contributed by atoms with Crippen molar-refractivity contribution in [3.05, 3.63) is 107 Å². The molecule has 0 aliphatic heterocycles. The molecule has 1 saturated carbocycles. The molecule has 0 unspecified atom stereocenters. The van der Waals surface area contributed by atoms with Gasteiger partial charge in [-0.25, -0.2) is 22.0 Å². The zero-order chi connectivity index (χ0) is 33.7. The van der Waals surface area contributed by atoms with Crippen LogP contribution in [0.3, 0.4) is 0 Å². The molecule has 2 nitrogen and oxygen atoms in total. The second kappa shape index (κ2) is 14.8. The number of ether oxygens (including phenoxy) is 1. The Morgan fingerprint density at radius 2 is 1.38 bits per heavy atom. The normalized spacial score (nSPS) is 16.5. The minimum Gasteiger partial charge on any atom is -0.429 e. The molecule has 10 heteroatoms. The number of aliphatic imine (C=N–C) groups is 1. The number of thiocarbonyl (C=S) groups is 1. The molecule has 4 aromatic rings. The fourth-order valence-electron chi connectivity index (χ4n) is 6.30. The van der Waals surface area contributed by atoms with E-state index in [2.05, 4.69) is 28.9 Å². The summed E-state index contributed by atoms with van der Waals surface area (Å²) in [6, 6.07) is 11.9. The highest BCUT2D eigenvalue weighted by atomic mass is 32.1. The molecule has 0 amide bonds. The van der Waals surface area contributed by atoms with Crippen LogP contribution in [0.1, 0.15) is 75.3 Å². The quantitative estimate of drug-likeness (QED) is 0.0685. The minimum absolute atomic E-state index is 0.0692. The molecular weight excluding hydrogens is 639 g/mol. The standard InChI is InChI=1S/C37H32F7NOS/c1-2-3-4-5-22-6-8-23(9-7-22)24-10-13-29(30(38)16-24)26-18-33(41)36(34(42)19-26)37(43,44)46-27-12-14-28(31(39)20-27)25-11-15-35(45-21-47)32(40)17-25/h10-20,22-23H,2-9H2,1H3. The summed E-state index contributed by atoms with van der Waals surface area (Å²) in [7, 11) is 0. The van der Waals surface area contributed by atoms with Crippen LogP contribution >= 0.6 is 12.2 Å². The number of nitrogens with zero attached hydrogens (tertiary/aromatic N) is 1. The first-order valence-corrected chi connectivity index (χ1v) is 15.9. The van der Waals surface area contributed by atoms with Crippen LogP contribution < -0.4 is 4.74 Å². The molecule has 0 heterocycles. The van der Waals surface area contributed by atoms with Gasteiger partial charge in [-0.05, 0) is 109 Å². The van der Waals surface area contributed by atoms with Gasteiger partial charge in [0, 0.05) is 17.2 Å². The number of hydrogen-bond acceptors (Lipinski definition) is 3. The van der Waals surface area contributed by atoms with Crippen LogP contribution in [0.5, 0.6) is 5.75 Å². The smallest absolute Gasteiger partial charge is 0.429 e. The van der Waals surface area contributed by atoms with Crippen molar-refractivity contribution in [2.24, 2.45) is 10.9 Å². The topological polar surface area (TPSA) is 21.6 Å². The average molecular weight is 672 g/mol. The maximum atomic E-state index is 15.2. The first kappa shape index (κ1) is 34.3. The second-order valence-corrected chi connectivity index (χ2v) is 12.1. The molecular formula is C37H32F7NOS. The summed E-state index contributed by atoms with van der Waals surface area (Å²) in [6.07, 6.45) is 4.28. The van der Waals surface area contributed by atoms with Crippen molar-refractivity contribution < 1.29 is 35.5 Å². The molecule has 0 atom stereocenters. The Labute approximate surface area is 274 Å². The van der Waals surface area contributed by atoms with Gasteiger partial charge in [-0.2, -0.15) is 13.8 Å². The third-order valence-corrected chi connectivity index (χ3v) is 8.87. The summed E-state index contributed by atoms with van der Waals surface area (Å²) in [5.41, 5.74) is -1.50. The first-order chi connectivity index (χ1) is 22.5. The third-order valence-electron chi connectivity index (χ3n) is 8.78. The molecule has 4 aromatic carbocycles. The molecule has 5 rings (SSSR count). The molecule has 0 saturated heterocycles. The van der Waals surface area contributed by atoms with E-state index in [1.165, 1.54) is 49.9 Å². The second-order valence-electron chi connectivity index (χ2n) is 11.9. The highest BCUT2D eigenvalue weighted by molar-refractivity contribution is 7.78. The molecule has 0 radical (unpaired) electrons. The molecule has 1 aliphatic carbocycles. The van der Waals surface area contributed by atoms with Crippen LogP contribution in [0.4, 0.5) is 36.4 Å². The summed E-state index contributed by atoms with van der Waals surface area (Å²) in [4.78, 5) is 3.53. The van der Waals surface area contributed by atoms with Gasteiger partial charge in [-0.3, -0.25) is 0 Å². The Morgan fingerprint density at radius 1 is 0.745 bits per heavy atom. The molecule has 47 heavy (non-hydrogen) atoms. The minimum atomic E-state index is -4.56. The molecule has 1 fully saturated rings. The van der Waals surface area contributed by atoms with E-state index < -0.39 is 46.5 Å². The highest BCUT2D eigenvalue weighted by Crippen LogP contribution is 2.41. The van der Waals surface area contributed by atoms with Crippen LogP contribution in [0.25, 0.3) is 22.3 Å². The van der Waals surface area contributed by atoms with Crippen LogP contribution in [0.15, 0.2) is 71.7 Å². The Bertz CT molecular complexity index is 1770. The predicted octanol–water partition coefficient (Wildman–Crippen LogP) is 12.4. The van der Waals surface area contributed by atoms with E-state index in [1.807, 2.05) is 5.16 Å². The number of benzene rings is 4. The number of hydrogen-bond donors (Lipinski definition) is 0. The average Bonchev–Trinajstić information content (AvgIpc) is 3.02. The van der Waals surface area contributed by atoms with Gasteiger partial charge in [0.1, 0.15) is 46.1 Å². The lowest BCUT2D eigenvalue weighted by atomic mass is 9.77. The zero-order valence-corrected chi connectivity index (χ0v) is 26.4. The van der Waals surface area contributed by atoms with E-state index in [4.69, 9.17) is 0 Å². The fraction of sp³-hybridized carbons (Fsp3) is 0.324. The fourth-order valence-corrected chi connectivity index (χ4v) is 6.40. The summed E-state index contributed by atoms with van der Waals surface area (Å²) in [6.45, 7) is 2.18. The molecule has 0 bridgehead atoms. The zero-order valence-electron chi connectivity index (χ0n) is 25.6. The monoisotopic (exact) mass is 671 g/mol. The lowest BCUT2D eigenvalue weighted by Crippen LogP contribution is -2.25. The predicted molar refractivity (Wildman–Crippen MR) is 172 cm³/mol. The summed E-state index contributed by atoms with van der Waals surface area (Å²) < 4.78 is 109. The van der Waals surface area contributed by atoms with Crippen LogP contribution in [-0.4, -0.2) is 5.16 Å². The van der Waals surface area contributed by atoms with Gasteiger partial charge >= 0.3 is 6.11 Å². The van der Waals surface area contributed by atoms with Gasteiger partial charge in [0.05, 0.1) is 5.16 Å². The number of rotatable bonds is 11. The van der Waals surface area contributed by atoms with Gasteiger partial charge in [0.25, 0.3) is 0 Å². The molecule has 246 valence electrons. The van der Waals surface area contributed by atoms with Gasteiger partial charge in [-0.1, -0.05) is 50.8 Å². The van der Waals surface area contributed by atoms with Crippen molar-refractivity contribution in [2.45, 2.75) is 70.3 Å². The van der Waals surface area contributed by atoms with Crippen molar-refractivity contribution in [3.8, 4) is 28.0 Å². The lowest BCUT2D eigenvalue weighted by molar-refractivity contribution is -0.189. The Kier molecular flexibility index (Phi) is 10.8. The van der Waals surface area contributed by atoms with E-state index in [1.54, 1.807) is 6.07 Å². The van der Waals surface area contributed by atoms with Gasteiger partial charge < -0.3 is 4.74 Å². The van der Waals surface area contributed by atoms with Gasteiger partial charge in [-0.15, -0.1) is 0 Å². The SMILES string of the molecule is CCCCCC1CCC(c2ccc(-c3cc(F)c(C(F)(F)Oc4ccc(-c5ccc(N=C=S)c(F)c5)c(F)c4)c(F)c3)c(F)c2)CC1. The molecule has 0 aromatic heterocycles. The maximum absolute atomic E-state index is 15.2. The third kappa shape index (κ3) is 7.94. The summed E-state index contributed by atoms with van der Waals surface area (Å²) >= 11 is 4.44. The Morgan fingerprint density at radius 3 is 2.00 bits per heavy atom. The largest absolute Gasteiger partial charge is 0.432 e. The first-order valence-electron chi connectivity index (χ1n) is 15.5. The molecule has 0 N–H and O–H groups in total. The van der Waals surface area contributed by atoms with E-state index in [0.29, 0.717) is 24.1 Å². The van der Waals surface area contributed by atoms with Crippen molar-refractivity contribution in [1.29, 1.82) is 0 Å². The van der Waals surface area contributed by atoms with Crippen LogP contribution in [-0.2, 0) is 6.11 Å². The van der Waals surface area contributed by atoms with Crippen molar-refractivity contribution in [3.63, 3.8) is 0 Å². The Hall–Kier alpha value is -4.01. The van der Waals surface area contributed by atoms with E-state index in [9.17, 15) is 8.78 Å². The van der Waals surface area contributed by atoms with Crippen molar-refractivity contribution in [1.82, 2.24) is 0 Å². The van der Waals surface area contributed by atoms with Gasteiger partial charge in [0.15, 0.2) is 0 Å². The van der Waals surface area contributed by atoms with Gasteiger partial charge in [0.2, 0.25) is 0 Å². The van der Waals surface area contributed by atoms with Crippen molar-refractivity contribution in [2.75, 3.05) is 0 Å². The van der Waals surface area contributed by atoms with E-state index >= 15 is 22.0 Å². The number of isothiocyanates is 1. The highest BCUT2D eigenvalue weighted by Gasteiger charge is 2.41.